The predicted molar refractivity (Wildman–Crippen MR) is 117 cm³/mol. The number of rotatable bonds is 3. The number of carbonyl (C=O) groups excluding carboxylic acids is 1. The third-order valence-corrected chi connectivity index (χ3v) is 7.26. The summed E-state index contributed by atoms with van der Waals surface area (Å²) < 4.78 is 0. The second-order valence-corrected chi connectivity index (χ2v) is 9.20. The van der Waals surface area contributed by atoms with E-state index in [4.69, 9.17) is 10.7 Å². The molecule has 2 aliphatic rings. The van der Waals surface area contributed by atoms with E-state index in [-0.39, 0.29) is 29.8 Å². The first kappa shape index (κ1) is 21.3. The van der Waals surface area contributed by atoms with E-state index in [0.29, 0.717) is 5.91 Å². The highest BCUT2D eigenvalue weighted by atomic mass is 35.5. The first-order chi connectivity index (χ1) is 13.1. The van der Waals surface area contributed by atoms with Gasteiger partial charge in [-0.05, 0) is 51.0 Å². The molecule has 2 N–H and O–H groups in total. The number of carbonyl (C=O) groups is 1. The number of hydrogen-bond acceptors (Lipinski definition) is 4. The maximum absolute atomic E-state index is 13.0. The van der Waals surface area contributed by atoms with E-state index < -0.39 is 0 Å². The van der Waals surface area contributed by atoms with E-state index in [9.17, 15) is 4.79 Å². The van der Waals surface area contributed by atoms with Gasteiger partial charge in [-0.3, -0.25) is 4.79 Å². The molecular weight excluding hydrogens is 390 g/mol. The topological polar surface area (TPSA) is 59.2 Å². The van der Waals surface area contributed by atoms with Crippen LogP contribution in [0.2, 0.25) is 0 Å². The lowest BCUT2D eigenvalue weighted by Crippen LogP contribution is -2.48. The van der Waals surface area contributed by atoms with Crippen LogP contribution in [0.25, 0.3) is 0 Å². The Kier molecular flexibility index (Phi) is 6.79. The average molecular weight is 420 g/mol. The number of hydrogen-bond donors (Lipinski definition) is 1. The van der Waals surface area contributed by atoms with Crippen LogP contribution in [0.1, 0.15) is 54.8 Å². The van der Waals surface area contributed by atoms with Crippen molar-refractivity contribution >= 4 is 29.7 Å². The van der Waals surface area contributed by atoms with E-state index in [0.717, 1.165) is 56.6 Å². The molecule has 1 aromatic carbocycles. The molecule has 4 nitrogen and oxygen atoms in total. The van der Waals surface area contributed by atoms with Crippen LogP contribution in [0.4, 0.5) is 0 Å². The average Bonchev–Trinajstić information content (AvgIpc) is 3.16. The minimum atomic E-state index is -0.0717. The summed E-state index contributed by atoms with van der Waals surface area (Å²) in [7, 11) is 0. The summed E-state index contributed by atoms with van der Waals surface area (Å²) in [4.78, 5) is 20.0. The molecule has 1 aromatic heterocycles. The quantitative estimate of drug-likeness (QED) is 0.806. The molecular formula is C22H30ClN3OS. The fourth-order valence-corrected chi connectivity index (χ4v) is 5.48. The normalized spacial score (nSPS) is 24.4. The smallest absolute Gasteiger partial charge is 0.225 e. The number of nitrogens with zero attached hydrogens (tertiary/aromatic N) is 2. The van der Waals surface area contributed by atoms with E-state index >= 15 is 0 Å². The number of nitrogens with two attached hydrogens (primary N) is 1. The molecule has 1 amide bonds. The van der Waals surface area contributed by atoms with E-state index in [1.54, 1.807) is 11.3 Å². The van der Waals surface area contributed by atoms with Gasteiger partial charge in [0.1, 0.15) is 0 Å². The van der Waals surface area contributed by atoms with E-state index in [1.807, 2.05) is 0 Å². The fraction of sp³-hybridized carbons (Fsp3) is 0.545. The van der Waals surface area contributed by atoms with Gasteiger partial charge in [-0.1, -0.05) is 30.3 Å². The minimum absolute atomic E-state index is 0. The number of aryl methyl sites for hydroxylation is 1. The Hall–Kier alpha value is -1.43. The van der Waals surface area contributed by atoms with Gasteiger partial charge in [0.2, 0.25) is 5.91 Å². The minimum Gasteiger partial charge on any atom is -0.342 e. The van der Waals surface area contributed by atoms with Crippen LogP contribution in [0.3, 0.4) is 0 Å². The molecule has 28 heavy (non-hydrogen) atoms. The summed E-state index contributed by atoms with van der Waals surface area (Å²) in [6.45, 7) is 3.69. The van der Waals surface area contributed by atoms with Crippen molar-refractivity contribution in [1.82, 2.24) is 9.88 Å². The standard InChI is InChI=1S/C22H29N3OS.ClH/c1-16-24-20(15-27-16)22(18-5-3-2-4-6-18)11-13-25(14-12-22)21(26)17-7-9-19(23)10-8-17;/h2-6,15,17,19H,7-14,23H2,1H3;1H. The Labute approximate surface area is 177 Å². The summed E-state index contributed by atoms with van der Waals surface area (Å²) >= 11 is 1.72. The first-order valence-corrected chi connectivity index (χ1v) is 11.0. The van der Waals surface area contributed by atoms with Crippen molar-refractivity contribution in [3.05, 3.63) is 52.0 Å². The maximum atomic E-state index is 13.0. The zero-order valence-electron chi connectivity index (χ0n) is 16.5. The van der Waals surface area contributed by atoms with E-state index in [1.165, 1.54) is 11.3 Å². The molecule has 2 fully saturated rings. The Morgan fingerprint density at radius 2 is 1.79 bits per heavy atom. The number of aromatic nitrogens is 1. The molecule has 4 rings (SSSR count). The number of piperidine rings is 1. The van der Waals surface area contributed by atoms with E-state index in [2.05, 4.69) is 47.5 Å². The third kappa shape index (κ3) is 4.12. The number of thiazole rings is 1. The van der Waals surface area contributed by atoms with Crippen molar-refractivity contribution in [2.24, 2.45) is 11.7 Å². The Bertz CT molecular complexity index is 778. The zero-order valence-corrected chi connectivity index (χ0v) is 18.1. The molecule has 0 atom stereocenters. The maximum Gasteiger partial charge on any atom is 0.225 e. The van der Waals surface area contributed by atoms with Gasteiger partial charge in [-0.2, -0.15) is 0 Å². The molecule has 1 aliphatic carbocycles. The summed E-state index contributed by atoms with van der Waals surface area (Å²) in [5, 5.41) is 3.32. The van der Waals surface area contributed by atoms with Crippen LogP contribution in [0, 0.1) is 12.8 Å². The Morgan fingerprint density at radius 1 is 1.14 bits per heavy atom. The summed E-state index contributed by atoms with van der Waals surface area (Å²) in [5.74, 6) is 0.522. The summed E-state index contributed by atoms with van der Waals surface area (Å²) in [5.41, 5.74) is 8.44. The number of benzene rings is 1. The SMILES string of the molecule is Cc1nc(C2(c3ccccc3)CCN(C(=O)C3CCC(N)CC3)CC2)cs1.Cl. The number of likely N-dealkylation sites (tertiary alicyclic amines) is 1. The van der Waals surface area contributed by atoms with Gasteiger partial charge in [0.15, 0.2) is 0 Å². The van der Waals surface area contributed by atoms with Gasteiger partial charge < -0.3 is 10.6 Å². The van der Waals surface area contributed by atoms with Crippen molar-refractivity contribution in [2.75, 3.05) is 13.1 Å². The predicted octanol–water partition coefficient (Wildman–Crippen LogP) is 4.30. The highest BCUT2D eigenvalue weighted by Gasteiger charge is 2.41. The van der Waals surface area contributed by atoms with Crippen molar-refractivity contribution in [2.45, 2.75) is 56.9 Å². The molecule has 1 aliphatic heterocycles. The van der Waals surface area contributed by atoms with Crippen LogP contribution in [-0.2, 0) is 10.2 Å². The largest absolute Gasteiger partial charge is 0.342 e. The van der Waals surface area contributed by atoms with Crippen LogP contribution in [0.15, 0.2) is 35.7 Å². The molecule has 0 unspecified atom stereocenters. The number of halogens is 1. The number of amides is 1. The van der Waals surface area contributed by atoms with Crippen molar-refractivity contribution in [3.63, 3.8) is 0 Å². The molecule has 0 spiro atoms. The highest BCUT2D eigenvalue weighted by Crippen LogP contribution is 2.42. The lowest BCUT2D eigenvalue weighted by Gasteiger charge is -2.42. The molecule has 6 heteroatoms. The first-order valence-electron chi connectivity index (χ1n) is 10.1. The second-order valence-electron chi connectivity index (χ2n) is 8.14. The molecule has 1 saturated carbocycles. The monoisotopic (exact) mass is 419 g/mol. The van der Waals surface area contributed by atoms with Gasteiger partial charge in [0, 0.05) is 35.8 Å². The van der Waals surface area contributed by atoms with Crippen LogP contribution < -0.4 is 5.73 Å². The molecule has 0 radical (unpaired) electrons. The van der Waals surface area contributed by atoms with Gasteiger partial charge in [0.05, 0.1) is 10.7 Å². The van der Waals surface area contributed by atoms with Crippen molar-refractivity contribution in [3.8, 4) is 0 Å². The Morgan fingerprint density at radius 3 is 2.36 bits per heavy atom. The summed E-state index contributed by atoms with van der Waals surface area (Å²) in [6.07, 6.45) is 5.75. The lowest BCUT2D eigenvalue weighted by molar-refractivity contribution is -0.138. The van der Waals surface area contributed by atoms with Crippen LogP contribution in [0.5, 0.6) is 0 Å². The molecule has 2 heterocycles. The fourth-order valence-electron chi connectivity index (χ4n) is 4.77. The highest BCUT2D eigenvalue weighted by molar-refractivity contribution is 7.09. The van der Waals surface area contributed by atoms with Gasteiger partial charge >= 0.3 is 0 Å². The second kappa shape index (κ2) is 8.93. The van der Waals surface area contributed by atoms with Gasteiger partial charge in [0.25, 0.3) is 0 Å². The molecule has 2 aromatic rings. The summed E-state index contributed by atoms with van der Waals surface area (Å²) in [6, 6.07) is 11.0. The zero-order chi connectivity index (χ0) is 18.9. The molecule has 1 saturated heterocycles. The molecule has 0 bridgehead atoms. The van der Waals surface area contributed by atoms with Crippen LogP contribution in [-0.4, -0.2) is 34.9 Å². The van der Waals surface area contributed by atoms with Crippen LogP contribution >= 0.6 is 23.7 Å². The molecule has 152 valence electrons. The lowest BCUT2D eigenvalue weighted by atomic mass is 9.70. The van der Waals surface area contributed by atoms with Crippen molar-refractivity contribution < 1.29 is 4.79 Å². The Balaban J connectivity index is 0.00000225. The van der Waals surface area contributed by atoms with Gasteiger partial charge in [-0.25, -0.2) is 4.98 Å². The van der Waals surface area contributed by atoms with Gasteiger partial charge in [-0.15, -0.1) is 23.7 Å². The third-order valence-electron chi connectivity index (χ3n) is 6.49. The van der Waals surface area contributed by atoms with Crippen molar-refractivity contribution in [1.29, 1.82) is 0 Å².